The molecule has 0 heterocycles. The van der Waals surface area contributed by atoms with Crippen LogP contribution in [0.3, 0.4) is 0 Å². The summed E-state index contributed by atoms with van der Waals surface area (Å²) < 4.78 is 0. The van der Waals surface area contributed by atoms with Gasteiger partial charge in [-0.2, -0.15) is 0 Å². The number of hydrogen-bond donors (Lipinski definition) is 3. The van der Waals surface area contributed by atoms with E-state index >= 15 is 0 Å². The third kappa shape index (κ3) is 1.91. The van der Waals surface area contributed by atoms with Gasteiger partial charge in [0.2, 0.25) is 0 Å². The average molecular weight is 308 g/mol. The van der Waals surface area contributed by atoms with Crippen molar-refractivity contribution in [1.82, 2.24) is 0 Å². The number of fused-ring (bicyclic) bond motifs is 5. The second-order valence-electron chi connectivity index (χ2n) is 9.37. The fourth-order valence-electron chi connectivity index (χ4n) is 7.33. The lowest BCUT2D eigenvalue weighted by Crippen LogP contribution is -2.59. The van der Waals surface area contributed by atoms with Gasteiger partial charge in [0.15, 0.2) is 0 Å². The molecule has 126 valence electrons. The van der Waals surface area contributed by atoms with Crippen LogP contribution in [0.15, 0.2) is 0 Å². The summed E-state index contributed by atoms with van der Waals surface area (Å²) in [6.07, 6.45) is 7.44. The summed E-state index contributed by atoms with van der Waals surface area (Å²) in [5.74, 6) is 2.10. The molecule has 9 atom stereocenters. The van der Waals surface area contributed by atoms with E-state index in [2.05, 4.69) is 13.8 Å². The minimum Gasteiger partial charge on any atom is -0.393 e. The minimum atomic E-state index is -0.276. The Hall–Kier alpha value is -0.120. The fraction of sp³-hybridized carbons (Fsp3) is 1.00. The van der Waals surface area contributed by atoms with Gasteiger partial charge in [-0.3, -0.25) is 0 Å². The van der Waals surface area contributed by atoms with E-state index in [0.29, 0.717) is 23.7 Å². The number of aliphatic hydroxyl groups is 3. The molecule has 0 radical (unpaired) electrons. The van der Waals surface area contributed by atoms with Crippen molar-refractivity contribution in [2.75, 3.05) is 0 Å². The molecule has 0 amide bonds. The highest BCUT2D eigenvalue weighted by molar-refractivity contribution is 5.12. The highest BCUT2D eigenvalue weighted by Crippen LogP contribution is 2.66. The van der Waals surface area contributed by atoms with E-state index in [1.165, 1.54) is 12.8 Å². The smallest absolute Gasteiger partial charge is 0.0597 e. The Kier molecular flexibility index (Phi) is 3.46. The monoisotopic (exact) mass is 308 g/mol. The minimum absolute atomic E-state index is 0.0715. The van der Waals surface area contributed by atoms with E-state index in [4.69, 9.17) is 0 Å². The van der Waals surface area contributed by atoms with E-state index in [1.54, 1.807) is 0 Å². The molecule has 3 nitrogen and oxygen atoms in total. The lowest BCUT2D eigenvalue weighted by molar-refractivity contribution is -0.183. The number of rotatable bonds is 0. The molecule has 0 bridgehead atoms. The predicted octanol–water partition coefficient (Wildman–Crippen LogP) is 2.72. The van der Waals surface area contributed by atoms with Crippen molar-refractivity contribution in [3.63, 3.8) is 0 Å². The maximum absolute atomic E-state index is 11.0. The normalized spacial score (nSPS) is 61.2. The zero-order valence-electron chi connectivity index (χ0n) is 14.0. The zero-order chi connectivity index (χ0) is 15.7. The molecular formula is C19H32O3. The van der Waals surface area contributed by atoms with Crippen LogP contribution in [0.5, 0.6) is 0 Å². The number of aliphatic hydroxyl groups excluding tert-OH is 3. The molecule has 0 aromatic rings. The Bertz CT molecular complexity index is 452. The van der Waals surface area contributed by atoms with Crippen molar-refractivity contribution in [2.45, 2.75) is 83.5 Å². The number of hydrogen-bond acceptors (Lipinski definition) is 3. The van der Waals surface area contributed by atoms with Gasteiger partial charge in [0.1, 0.15) is 0 Å². The van der Waals surface area contributed by atoms with Gasteiger partial charge in [-0.1, -0.05) is 13.8 Å². The molecule has 4 saturated carbocycles. The molecule has 3 heteroatoms. The third-order valence-corrected chi connectivity index (χ3v) is 8.52. The zero-order valence-corrected chi connectivity index (χ0v) is 14.0. The van der Waals surface area contributed by atoms with Gasteiger partial charge in [0.05, 0.1) is 18.3 Å². The fourth-order valence-corrected chi connectivity index (χ4v) is 7.33. The average Bonchev–Trinajstić information content (AvgIpc) is 2.75. The van der Waals surface area contributed by atoms with E-state index in [-0.39, 0.29) is 29.1 Å². The Balaban J connectivity index is 1.68. The third-order valence-electron chi connectivity index (χ3n) is 8.52. The van der Waals surface area contributed by atoms with Gasteiger partial charge in [0.25, 0.3) is 0 Å². The summed E-state index contributed by atoms with van der Waals surface area (Å²) in [4.78, 5) is 0. The Morgan fingerprint density at radius 1 is 0.864 bits per heavy atom. The van der Waals surface area contributed by atoms with Crippen molar-refractivity contribution >= 4 is 0 Å². The first-order valence-corrected chi connectivity index (χ1v) is 9.40. The molecule has 0 saturated heterocycles. The van der Waals surface area contributed by atoms with Crippen LogP contribution >= 0.6 is 0 Å². The van der Waals surface area contributed by atoms with Crippen molar-refractivity contribution in [1.29, 1.82) is 0 Å². The molecule has 4 aliphatic rings. The predicted molar refractivity (Wildman–Crippen MR) is 85.1 cm³/mol. The van der Waals surface area contributed by atoms with Gasteiger partial charge in [-0.15, -0.1) is 0 Å². The molecule has 0 aromatic carbocycles. The molecular weight excluding hydrogens is 276 g/mol. The summed E-state index contributed by atoms with van der Waals surface area (Å²) in [7, 11) is 0. The molecule has 3 N–H and O–H groups in total. The first-order chi connectivity index (χ1) is 10.4. The largest absolute Gasteiger partial charge is 0.393 e. The SMILES string of the molecule is C[C@]12CCC(O)CC1CC[C@@H]1[C@H]2C(O)C[C@]2(C)C(O)CC[C@@H]12. The molecule has 4 unspecified atom stereocenters. The Morgan fingerprint density at radius 2 is 1.64 bits per heavy atom. The lowest BCUT2D eigenvalue weighted by Gasteiger charge is -2.62. The summed E-state index contributed by atoms with van der Waals surface area (Å²) in [6.45, 7) is 4.60. The Morgan fingerprint density at radius 3 is 2.41 bits per heavy atom. The lowest BCUT2D eigenvalue weighted by atomic mass is 9.44. The van der Waals surface area contributed by atoms with Crippen LogP contribution in [-0.4, -0.2) is 33.6 Å². The van der Waals surface area contributed by atoms with Crippen LogP contribution < -0.4 is 0 Å². The Labute approximate surface area is 134 Å². The van der Waals surface area contributed by atoms with Crippen LogP contribution in [0.4, 0.5) is 0 Å². The molecule has 0 aliphatic heterocycles. The van der Waals surface area contributed by atoms with Crippen LogP contribution in [0.1, 0.15) is 65.2 Å². The van der Waals surface area contributed by atoms with Crippen LogP contribution in [0.25, 0.3) is 0 Å². The van der Waals surface area contributed by atoms with E-state index in [9.17, 15) is 15.3 Å². The quantitative estimate of drug-likeness (QED) is 0.645. The van der Waals surface area contributed by atoms with Crippen molar-refractivity contribution in [3.05, 3.63) is 0 Å². The first-order valence-electron chi connectivity index (χ1n) is 9.40. The standard InChI is InChI=1S/C19H32O3/c1-18-8-7-12(20)9-11(18)3-4-13-14-5-6-16(22)19(14,2)10-15(21)17(13)18/h11-17,20-22H,3-10H2,1-2H3/t11?,12?,13-,14-,15?,16?,17-,18-,19-/m0/s1. The molecule has 4 fully saturated rings. The van der Waals surface area contributed by atoms with Gasteiger partial charge >= 0.3 is 0 Å². The second kappa shape index (κ2) is 4.94. The second-order valence-corrected chi connectivity index (χ2v) is 9.37. The summed E-state index contributed by atoms with van der Waals surface area (Å²) >= 11 is 0. The molecule has 22 heavy (non-hydrogen) atoms. The van der Waals surface area contributed by atoms with Crippen LogP contribution in [0, 0.1) is 34.5 Å². The highest BCUT2D eigenvalue weighted by Gasteiger charge is 2.62. The van der Waals surface area contributed by atoms with E-state index in [0.717, 1.165) is 38.5 Å². The summed E-state index contributed by atoms with van der Waals surface area (Å²) in [6, 6.07) is 0. The van der Waals surface area contributed by atoms with Crippen molar-refractivity contribution in [2.24, 2.45) is 34.5 Å². The van der Waals surface area contributed by atoms with E-state index in [1.807, 2.05) is 0 Å². The maximum Gasteiger partial charge on any atom is 0.0597 e. The van der Waals surface area contributed by atoms with Gasteiger partial charge in [0, 0.05) is 0 Å². The van der Waals surface area contributed by atoms with Gasteiger partial charge in [-0.05, 0) is 85.9 Å². The first kappa shape index (κ1) is 15.4. The summed E-state index contributed by atoms with van der Waals surface area (Å²) in [5.41, 5.74) is 0.119. The van der Waals surface area contributed by atoms with Gasteiger partial charge < -0.3 is 15.3 Å². The molecule has 4 rings (SSSR count). The van der Waals surface area contributed by atoms with Crippen molar-refractivity contribution < 1.29 is 15.3 Å². The molecule has 0 spiro atoms. The van der Waals surface area contributed by atoms with Crippen LogP contribution in [0.2, 0.25) is 0 Å². The van der Waals surface area contributed by atoms with Crippen LogP contribution in [-0.2, 0) is 0 Å². The highest BCUT2D eigenvalue weighted by atomic mass is 16.3. The molecule has 0 aromatic heterocycles. The maximum atomic E-state index is 11.0. The summed E-state index contributed by atoms with van der Waals surface area (Å²) in [5, 5.41) is 31.6. The van der Waals surface area contributed by atoms with Gasteiger partial charge in [-0.25, -0.2) is 0 Å². The van der Waals surface area contributed by atoms with E-state index < -0.39 is 0 Å². The molecule has 4 aliphatic carbocycles. The van der Waals surface area contributed by atoms with Crippen molar-refractivity contribution in [3.8, 4) is 0 Å². The topological polar surface area (TPSA) is 60.7 Å².